The Balaban J connectivity index is 2.51. The molecule has 5 nitrogen and oxygen atoms in total. The van der Waals surface area contributed by atoms with Crippen molar-refractivity contribution in [2.75, 3.05) is 5.32 Å². The number of nitrogens with zero attached hydrogens (tertiary/aromatic N) is 2. The molecule has 0 fully saturated rings. The SMILES string of the molecule is Cc1nc(Cl)c2c(n1)NC(=O)C(C)O2. The van der Waals surface area contributed by atoms with Crippen LogP contribution in [0.5, 0.6) is 5.75 Å². The molecule has 74 valence electrons. The van der Waals surface area contributed by atoms with Crippen molar-refractivity contribution in [3.05, 3.63) is 11.0 Å². The Morgan fingerprint density at radius 1 is 1.50 bits per heavy atom. The van der Waals surface area contributed by atoms with Gasteiger partial charge in [-0.1, -0.05) is 11.6 Å². The summed E-state index contributed by atoms with van der Waals surface area (Å²) in [5.41, 5.74) is 0. The van der Waals surface area contributed by atoms with Gasteiger partial charge < -0.3 is 10.1 Å². The molecule has 0 bridgehead atoms. The lowest BCUT2D eigenvalue weighted by Gasteiger charge is -2.22. The molecule has 1 N–H and O–H groups in total. The zero-order chi connectivity index (χ0) is 10.3. The number of aromatic nitrogens is 2. The van der Waals surface area contributed by atoms with E-state index < -0.39 is 6.10 Å². The number of halogens is 1. The quantitative estimate of drug-likeness (QED) is 0.657. The number of nitrogens with one attached hydrogen (secondary N) is 1. The molecule has 1 unspecified atom stereocenters. The van der Waals surface area contributed by atoms with E-state index >= 15 is 0 Å². The van der Waals surface area contributed by atoms with E-state index in [1.165, 1.54) is 0 Å². The van der Waals surface area contributed by atoms with E-state index in [-0.39, 0.29) is 11.1 Å². The molecule has 1 aliphatic rings. The lowest BCUT2D eigenvalue weighted by molar-refractivity contribution is -0.122. The molecule has 1 aromatic rings. The van der Waals surface area contributed by atoms with Crippen LogP contribution >= 0.6 is 11.6 Å². The first-order chi connectivity index (χ1) is 6.58. The summed E-state index contributed by atoms with van der Waals surface area (Å²) < 4.78 is 5.26. The lowest BCUT2D eigenvalue weighted by Crippen LogP contribution is -2.35. The van der Waals surface area contributed by atoms with Crippen LogP contribution in [-0.2, 0) is 4.79 Å². The smallest absolute Gasteiger partial charge is 0.266 e. The molecule has 0 aromatic carbocycles. The molecule has 1 aromatic heterocycles. The van der Waals surface area contributed by atoms with E-state index in [4.69, 9.17) is 16.3 Å². The monoisotopic (exact) mass is 213 g/mol. The van der Waals surface area contributed by atoms with Crippen molar-refractivity contribution in [3.63, 3.8) is 0 Å². The van der Waals surface area contributed by atoms with Crippen molar-refractivity contribution in [1.29, 1.82) is 0 Å². The fourth-order valence-corrected chi connectivity index (χ4v) is 1.42. The van der Waals surface area contributed by atoms with Gasteiger partial charge in [0, 0.05) is 0 Å². The fourth-order valence-electron chi connectivity index (χ4n) is 1.17. The largest absolute Gasteiger partial charge is 0.474 e. The number of fused-ring (bicyclic) bond motifs is 1. The Kier molecular flexibility index (Phi) is 2.03. The average molecular weight is 214 g/mol. The van der Waals surface area contributed by atoms with Crippen LogP contribution in [0.15, 0.2) is 0 Å². The number of carbonyl (C=O) groups is 1. The minimum atomic E-state index is -0.564. The molecule has 1 aliphatic heterocycles. The van der Waals surface area contributed by atoms with Crippen LogP contribution in [0.25, 0.3) is 0 Å². The first kappa shape index (κ1) is 9.21. The predicted molar refractivity (Wildman–Crippen MR) is 50.5 cm³/mol. The highest BCUT2D eigenvalue weighted by atomic mass is 35.5. The van der Waals surface area contributed by atoms with Gasteiger partial charge in [0.05, 0.1) is 0 Å². The molecule has 1 amide bonds. The van der Waals surface area contributed by atoms with E-state index in [9.17, 15) is 4.79 Å². The van der Waals surface area contributed by atoms with Crippen LogP contribution in [0.2, 0.25) is 5.15 Å². The van der Waals surface area contributed by atoms with Crippen LogP contribution in [-0.4, -0.2) is 22.0 Å². The maximum atomic E-state index is 11.2. The van der Waals surface area contributed by atoms with Gasteiger partial charge in [0.15, 0.2) is 17.1 Å². The van der Waals surface area contributed by atoms with Crippen molar-refractivity contribution in [2.24, 2.45) is 0 Å². The van der Waals surface area contributed by atoms with Crippen LogP contribution in [0, 0.1) is 6.92 Å². The number of hydrogen-bond donors (Lipinski definition) is 1. The van der Waals surface area contributed by atoms with E-state index in [1.807, 2.05) is 0 Å². The Hall–Kier alpha value is -1.36. The third-order valence-corrected chi connectivity index (χ3v) is 2.10. The summed E-state index contributed by atoms with van der Waals surface area (Å²) in [5.74, 6) is 0.939. The average Bonchev–Trinajstić information content (AvgIpc) is 2.08. The zero-order valence-corrected chi connectivity index (χ0v) is 8.42. The van der Waals surface area contributed by atoms with Crippen molar-refractivity contribution in [3.8, 4) is 5.75 Å². The Morgan fingerprint density at radius 2 is 2.21 bits per heavy atom. The van der Waals surface area contributed by atoms with Crippen LogP contribution < -0.4 is 10.1 Å². The number of ether oxygens (including phenoxy) is 1. The highest BCUT2D eigenvalue weighted by Gasteiger charge is 2.27. The van der Waals surface area contributed by atoms with Gasteiger partial charge in [0.2, 0.25) is 5.75 Å². The van der Waals surface area contributed by atoms with Gasteiger partial charge in [0.25, 0.3) is 5.91 Å². The number of amides is 1. The van der Waals surface area contributed by atoms with E-state index in [2.05, 4.69) is 15.3 Å². The van der Waals surface area contributed by atoms with E-state index in [0.29, 0.717) is 17.4 Å². The van der Waals surface area contributed by atoms with Gasteiger partial charge in [-0.05, 0) is 13.8 Å². The fraction of sp³-hybridized carbons (Fsp3) is 0.375. The third-order valence-electron chi connectivity index (χ3n) is 1.84. The van der Waals surface area contributed by atoms with Crippen LogP contribution in [0.3, 0.4) is 0 Å². The lowest BCUT2D eigenvalue weighted by atomic mass is 10.3. The number of rotatable bonds is 0. The van der Waals surface area contributed by atoms with Gasteiger partial charge in [-0.3, -0.25) is 4.79 Å². The number of hydrogen-bond acceptors (Lipinski definition) is 4. The van der Waals surface area contributed by atoms with Gasteiger partial charge in [-0.25, -0.2) is 9.97 Å². The molecular weight excluding hydrogens is 206 g/mol. The summed E-state index contributed by atoms with van der Waals surface area (Å²) in [6.45, 7) is 3.32. The second-order valence-corrected chi connectivity index (χ2v) is 3.35. The molecular formula is C8H8ClN3O2. The summed E-state index contributed by atoms with van der Waals surface area (Å²) >= 11 is 5.83. The molecule has 0 saturated carbocycles. The highest BCUT2D eigenvalue weighted by Crippen LogP contribution is 2.33. The molecule has 14 heavy (non-hydrogen) atoms. The van der Waals surface area contributed by atoms with Crippen LogP contribution in [0.1, 0.15) is 12.7 Å². The van der Waals surface area contributed by atoms with E-state index in [1.54, 1.807) is 13.8 Å². The second kappa shape index (κ2) is 3.09. The Bertz CT molecular complexity index is 408. The van der Waals surface area contributed by atoms with Crippen molar-refractivity contribution >= 4 is 23.3 Å². The molecule has 0 saturated heterocycles. The maximum absolute atomic E-state index is 11.2. The van der Waals surface area contributed by atoms with Gasteiger partial charge in [0.1, 0.15) is 5.82 Å². The van der Waals surface area contributed by atoms with Crippen LogP contribution in [0.4, 0.5) is 5.82 Å². The summed E-state index contributed by atoms with van der Waals surface area (Å²) in [5, 5.41) is 2.81. The molecule has 2 heterocycles. The summed E-state index contributed by atoms with van der Waals surface area (Å²) in [6, 6.07) is 0. The zero-order valence-electron chi connectivity index (χ0n) is 7.67. The first-order valence-corrected chi connectivity index (χ1v) is 4.47. The molecule has 2 rings (SSSR count). The van der Waals surface area contributed by atoms with Crippen molar-refractivity contribution < 1.29 is 9.53 Å². The Morgan fingerprint density at radius 3 is 2.93 bits per heavy atom. The number of carbonyl (C=O) groups excluding carboxylic acids is 1. The van der Waals surface area contributed by atoms with Gasteiger partial charge in [-0.2, -0.15) is 0 Å². The summed E-state index contributed by atoms with van der Waals surface area (Å²) in [6.07, 6.45) is -0.564. The molecule has 0 radical (unpaired) electrons. The molecule has 0 aliphatic carbocycles. The van der Waals surface area contributed by atoms with Gasteiger partial charge >= 0.3 is 0 Å². The normalized spacial score (nSPS) is 19.6. The minimum Gasteiger partial charge on any atom is -0.474 e. The predicted octanol–water partition coefficient (Wildman–Crippen LogP) is 1.16. The molecule has 1 atom stereocenters. The number of aryl methyl sites for hydroxylation is 1. The third kappa shape index (κ3) is 1.39. The first-order valence-electron chi connectivity index (χ1n) is 4.09. The maximum Gasteiger partial charge on any atom is 0.266 e. The van der Waals surface area contributed by atoms with E-state index in [0.717, 1.165) is 0 Å². The molecule has 6 heteroatoms. The van der Waals surface area contributed by atoms with Crippen molar-refractivity contribution in [2.45, 2.75) is 20.0 Å². The van der Waals surface area contributed by atoms with Gasteiger partial charge in [-0.15, -0.1) is 0 Å². The second-order valence-electron chi connectivity index (χ2n) is 2.99. The topological polar surface area (TPSA) is 64.1 Å². The standard InChI is InChI=1S/C8H8ClN3O2/c1-3-8(13)12-7-5(14-3)6(9)10-4(2)11-7/h3H,1-2H3,(H,10,11,12,13). The Labute approximate surface area is 85.5 Å². The number of anilines is 1. The molecule has 0 spiro atoms. The van der Waals surface area contributed by atoms with Crippen molar-refractivity contribution in [1.82, 2.24) is 9.97 Å². The summed E-state index contributed by atoms with van der Waals surface area (Å²) in [4.78, 5) is 19.2. The summed E-state index contributed by atoms with van der Waals surface area (Å²) in [7, 11) is 0. The minimum absolute atomic E-state index is 0.222. The highest BCUT2D eigenvalue weighted by molar-refractivity contribution is 6.31.